The first-order chi connectivity index (χ1) is 9.36. The van der Waals surface area contributed by atoms with Gasteiger partial charge in [-0.1, -0.05) is 6.08 Å². The van der Waals surface area contributed by atoms with E-state index in [1.807, 2.05) is 0 Å². The van der Waals surface area contributed by atoms with E-state index in [1.54, 1.807) is 13.8 Å². The minimum Gasteiger partial charge on any atom is -0.353 e. The second kappa shape index (κ2) is 9.77. The van der Waals surface area contributed by atoms with E-state index in [4.69, 9.17) is 9.47 Å². The lowest BCUT2D eigenvalue weighted by molar-refractivity contribution is -0.187. The minimum absolute atomic E-state index is 0.0210. The Bertz CT molecular complexity index is 289. The molecule has 0 saturated heterocycles. The lowest BCUT2D eigenvalue weighted by atomic mass is 10.3. The number of carbonyl (C=O) groups excluding carboxylic acids is 1. The minimum atomic E-state index is -4.87. The van der Waals surface area contributed by atoms with Gasteiger partial charge in [-0.05, 0) is 20.3 Å². The molecule has 0 heterocycles. The van der Waals surface area contributed by atoms with Crippen LogP contribution < -0.4 is 0 Å². The Balaban J connectivity index is 4.55. The third-order valence-corrected chi connectivity index (χ3v) is 2.47. The highest BCUT2D eigenvalue weighted by molar-refractivity contribution is 5.81. The largest absolute Gasteiger partial charge is 0.471 e. The van der Waals surface area contributed by atoms with Gasteiger partial charge in [0.1, 0.15) is 0 Å². The van der Waals surface area contributed by atoms with E-state index in [0.29, 0.717) is 19.6 Å². The monoisotopic (exact) mass is 297 g/mol. The normalized spacial score (nSPS) is 11.7. The molecule has 0 aromatic rings. The average molecular weight is 297 g/mol. The molecule has 0 fully saturated rings. The van der Waals surface area contributed by atoms with E-state index >= 15 is 0 Å². The highest BCUT2D eigenvalue weighted by atomic mass is 19.4. The first-order valence-electron chi connectivity index (χ1n) is 6.56. The van der Waals surface area contributed by atoms with Crippen molar-refractivity contribution in [1.82, 2.24) is 4.90 Å². The van der Waals surface area contributed by atoms with Crippen LogP contribution in [0.5, 0.6) is 0 Å². The Morgan fingerprint density at radius 1 is 1.25 bits per heavy atom. The van der Waals surface area contributed by atoms with Crippen molar-refractivity contribution in [2.45, 2.75) is 39.2 Å². The fourth-order valence-electron chi connectivity index (χ4n) is 1.59. The first-order valence-corrected chi connectivity index (χ1v) is 6.56. The van der Waals surface area contributed by atoms with Crippen LogP contribution in [-0.4, -0.2) is 49.6 Å². The van der Waals surface area contributed by atoms with Crippen LogP contribution in [0.4, 0.5) is 13.2 Å². The number of hydrogen-bond acceptors (Lipinski definition) is 3. The number of rotatable bonds is 10. The van der Waals surface area contributed by atoms with Crippen LogP contribution >= 0.6 is 0 Å². The molecule has 1 amide bonds. The predicted molar refractivity (Wildman–Crippen MR) is 69.1 cm³/mol. The van der Waals surface area contributed by atoms with Gasteiger partial charge >= 0.3 is 12.1 Å². The zero-order valence-electron chi connectivity index (χ0n) is 11.9. The van der Waals surface area contributed by atoms with Gasteiger partial charge in [-0.3, -0.25) is 4.79 Å². The molecule has 0 aliphatic rings. The van der Waals surface area contributed by atoms with E-state index in [1.165, 1.54) is 6.08 Å². The van der Waals surface area contributed by atoms with Gasteiger partial charge in [0.05, 0.1) is 0 Å². The van der Waals surface area contributed by atoms with E-state index in [2.05, 4.69) is 6.58 Å². The van der Waals surface area contributed by atoms with Crippen molar-refractivity contribution in [3.05, 3.63) is 12.7 Å². The van der Waals surface area contributed by atoms with Crippen molar-refractivity contribution in [3.63, 3.8) is 0 Å². The zero-order chi connectivity index (χ0) is 15.6. The highest BCUT2D eigenvalue weighted by Crippen LogP contribution is 2.19. The Hall–Kier alpha value is -1.08. The number of hydrogen-bond donors (Lipinski definition) is 0. The number of amides is 1. The number of ether oxygens (including phenoxy) is 2. The standard InChI is InChI=1S/C13H22F3NO3/c1-4-7-9-17(12(18)13(14,15)16)10-8-11(19-5-2)20-6-3/h4,11H,1,5-10H2,2-3H3. The van der Waals surface area contributed by atoms with Gasteiger partial charge in [-0.15, -0.1) is 6.58 Å². The molecule has 0 aliphatic heterocycles. The van der Waals surface area contributed by atoms with Crippen LogP contribution in [0.3, 0.4) is 0 Å². The summed E-state index contributed by atoms with van der Waals surface area (Å²) in [6.45, 7) is 7.67. The highest BCUT2D eigenvalue weighted by Gasteiger charge is 2.42. The molecule has 7 heteroatoms. The lowest BCUT2D eigenvalue weighted by Gasteiger charge is -2.25. The number of halogens is 3. The second-order valence-electron chi connectivity index (χ2n) is 4.00. The molecule has 118 valence electrons. The van der Waals surface area contributed by atoms with Crippen molar-refractivity contribution in [2.75, 3.05) is 26.3 Å². The fraction of sp³-hybridized carbons (Fsp3) is 0.769. The van der Waals surface area contributed by atoms with E-state index in [9.17, 15) is 18.0 Å². The van der Waals surface area contributed by atoms with Crippen LogP contribution in [0, 0.1) is 0 Å². The molecule has 20 heavy (non-hydrogen) atoms. The molecule has 0 saturated carbocycles. The lowest BCUT2D eigenvalue weighted by Crippen LogP contribution is -2.43. The molecule has 0 spiro atoms. The van der Waals surface area contributed by atoms with E-state index < -0.39 is 18.4 Å². The molecule has 0 aliphatic carbocycles. The third-order valence-electron chi connectivity index (χ3n) is 2.47. The van der Waals surface area contributed by atoms with Crippen molar-refractivity contribution in [2.24, 2.45) is 0 Å². The summed E-state index contributed by atoms with van der Waals surface area (Å²) in [5.41, 5.74) is 0. The zero-order valence-corrected chi connectivity index (χ0v) is 11.9. The van der Waals surface area contributed by atoms with Gasteiger partial charge in [0.2, 0.25) is 0 Å². The summed E-state index contributed by atoms with van der Waals surface area (Å²) in [4.78, 5) is 12.0. The second-order valence-corrected chi connectivity index (χ2v) is 4.00. The summed E-state index contributed by atoms with van der Waals surface area (Å²) in [5, 5.41) is 0. The summed E-state index contributed by atoms with van der Waals surface area (Å²) in [6, 6.07) is 0. The van der Waals surface area contributed by atoms with Gasteiger partial charge in [-0.25, -0.2) is 0 Å². The van der Waals surface area contributed by atoms with E-state index in [0.717, 1.165) is 4.90 Å². The Kier molecular flexibility index (Phi) is 9.24. The Labute approximate surface area is 117 Å². The van der Waals surface area contributed by atoms with Crippen LogP contribution in [0.25, 0.3) is 0 Å². The molecule has 0 unspecified atom stereocenters. The molecular weight excluding hydrogens is 275 g/mol. The summed E-state index contributed by atoms with van der Waals surface area (Å²) < 4.78 is 47.9. The molecule has 4 nitrogen and oxygen atoms in total. The first kappa shape index (κ1) is 18.9. The molecule has 0 rings (SSSR count). The third kappa shape index (κ3) is 7.49. The number of carbonyl (C=O) groups is 1. The fourth-order valence-corrected chi connectivity index (χ4v) is 1.59. The van der Waals surface area contributed by atoms with Gasteiger partial charge < -0.3 is 14.4 Å². The SMILES string of the molecule is C=CCCN(CCC(OCC)OCC)C(=O)C(F)(F)F. The van der Waals surface area contributed by atoms with Crippen LogP contribution in [0.15, 0.2) is 12.7 Å². The van der Waals surface area contributed by atoms with Crippen LogP contribution in [0.2, 0.25) is 0 Å². The Morgan fingerprint density at radius 3 is 2.20 bits per heavy atom. The van der Waals surface area contributed by atoms with Gasteiger partial charge in [0.15, 0.2) is 6.29 Å². The maximum atomic E-state index is 12.5. The Morgan fingerprint density at radius 2 is 1.80 bits per heavy atom. The maximum absolute atomic E-state index is 12.5. The van der Waals surface area contributed by atoms with Crippen LogP contribution in [-0.2, 0) is 14.3 Å². The smallest absolute Gasteiger partial charge is 0.353 e. The molecular formula is C13H22F3NO3. The van der Waals surface area contributed by atoms with Gasteiger partial charge in [0, 0.05) is 32.7 Å². The summed E-state index contributed by atoms with van der Waals surface area (Å²) in [5.74, 6) is -1.84. The quantitative estimate of drug-likeness (QED) is 0.460. The van der Waals surface area contributed by atoms with Crippen molar-refractivity contribution < 1.29 is 27.4 Å². The summed E-state index contributed by atoms with van der Waals surface area (Å²) in [6.07, 6.45) is -3.50. The molecule has 0 bridgehead atoms. The molecule has 0 radical (unpaired) electrons. The average Bonchev–Trinajstić information content (AvgIpc) is 2.37. The van der Waals surface area contributed by atoms with Crippen molar-refractivity contribution in [1.29, 1.82) is 0 Å². The summed E-state index contributed by atoms with van der Waals surface area (Å²) in [7, 11) is 0. The number of alkyl halides is 3. The van der Waals surface area contributed by atoms with Crippen molar-refractivity contribution in [3.8, 4) is 0 Å². The van der Waals surface area contributed by atoms with Crippen LogP contribution in [0.1, 0.15) is 26.7 Å². The van der Waals surface area contributed by atoms with Gasteiger partial charge in [0.25, 0.3) is 0 Å². The molecule has 0 atom stereocenters. The maximum Gasteiger partial charge on any atom is 0.471 e. The predicted octanol–water partition coefficient (Wildman–Crippen LogP) is 2.74. The van der Waals surface area contributed by atoms with E-state index in [-0.39, 0.29) is 19.5 Å². The molecule has 0 aromatic heterocycles. The molecule has 0 N–H and O–H groups in total. The topological polar surface area (TPSA) is 38.8 Å². The van der Waals surface area contributed by atoms with Crippen molar-refractivity contribution >= 4 is 5.91 Å². The van der Waals surface area contributed by atoms with Gasteiger partial charge in [-0.2, -0.15) is 13.2 Å². The molecule has 0 aromatic carbocycles. The number of nitrogens with zero attached hydrogens (tertiary/aromatic N) is 1. The summed E-state index contributed by atoms with van der Waals surface area (Å²) >= 11 is 0.